The van der Waals surface area contributed by atoms with Crippen LogP contribution in [-0.2, 0) is 0 Å². The van der Waals surface area contributed by atoms with Crippen molar-refractivity contribution in [2.45, 2.75) is 27.2 Å². The van der Waals surface area contributed by atoms with E-state index >= 15 is 0 Å². The number of benzene rings is 1. The van der Waals surface area contributed by atoms with Gasteiger partial charge in [0.05, 0.1) is 6.61 Å². The molecule has 0 fully saturated rings. The molecule has 0 atom stereocenters. The summed E-state index contributed by atoms with van der Waals surface area (Å²) in [6.45, 7) is 6.44. The van der Waals surface area contributed by atoms with Crippen molar-refractivity contribution in [2.24, 2.45) is 0 Å². The normalized spacial score (nSPS) is 11.3. The maximum atomic E-state index is 12.0. The minimum Gasteiger partial charge on any atom is -0.494 e. The smallest absolute Gasteiger partial charge is 0.222 e. The van der Waals surface area contributed by atoms with Crippen molar-refractivity contribution in [3.63, 3.8) is 0 Å². The Labute approximate surface area is 130 Å². The van der Waals surface area contributed by atoms with Crippen LogP contribution in [0.4, 0.5) is 5.69 Å². The van der Waals surface area contributed by atoms with Gasteiger partial charge in [0.25, 0.3) is 0 Å². The first-order valence-electron chi connectivity index (χ1n) is 7.37. The van der Waals surface area contributed by atoms with Gasteiger partial charge >= 0.3 is 0 Å². The Morgan fingerprint density at radius 2 is 1.95 bits per heavy atom. The van der Waals surface area contributed by atoms with Gasteiger partial charge in [0.15, 0.2) is 5.76 Å². The number of rotatable bonds is 7. The van der Waals surface area contributed by atoms with Crippen LogP contribution in [0.15, 0.2) is 52.6 Å². The average Bonchev–Trinajstić information content (AvgIpc) is 2.93. The van der Waals surface area contributed by atoms with E-state index in [4.69, 9.17) is 9.15 Å². The molecule has 0 radical (unpaired) electrons. The van der Waals surface area contributed by atoms with Gasteiger partial charge in [-0.15, -0.1) is 0 Å². The summed E-state index contributed by atoms with van der Waals surface area (Å²) in [6.07, 6.45) is 2.51. The van der Waals surface area contributed by atoms with Crippen LogP contribution in [0.3, 0.4) is 0 Å². The van der Waals surface area contributed by atoms with Crippen LogP contribution in [-0.4, -0.2) is 12.4 Å². The second-order valence-corrected chi connectivity index (χ2v) is 5.10. The van der Waals surface area contributed by atoms with Crippen LogP contribution in [0.5, 0.6) is 5.75 Å². The fourth-order valence-corrected chi connectivity index (χ4v) is 1.95. The highest BCUT2D eigenvalue weighted by Gasteiger charge is 2.07. The predicted octanol–water partition coefficient (Wildman–Crippen LogP) is 4.58. The molecular weight excluding hydrogens is 278 g/mol. The summed E-state index contributed by atoms with van der Waals surface area (Å²) in [5.74, 6) is 1.77. The van der Waals surface area contributed by atoms with Gasteiger partial charge in [-0.05, 0) is 56.7 Å². The van der Waals surface area contributed by atoms with Gasteiger partial charge in [0, 0.05) is 17.5 Å². The molecule has 4 nitrogen and oxygen atoms in total. The van der Waals surface area contributed by atoms with Gasteiger partial charge < -0.3 is 14.5 Å². The average molecular weight is 299 g/mol. The topological polar surface area (TPSA) is 51.5 Å². The number of anilines is 1. The van der Waals surface area contributed by atoms with Gasteiger partial charge in [-0.1, -0.05) is 6.92 Å². The number of carbonyl (C=O) groups is 1. The van der Waals surface area contributed by atoms with Crippen LogP contribution in [0, 0.1) is 6.92 Å². The van der Waals surface area contributed by atoms with E-state index in [-0.39, 0.29) is 5.78 Å². The molecule has 0 saturated carbocycles. The van der Waals surface area contributed by atoms with Gasteiger partial charge in [-0.2, -0.15) is 0 Å². The molecule has 0 bridgehead atoms. The lowest BCUT2D eigenvalue weighted by Crippen LogP contribution is -2.01. The number of hydrogen-bond donors (Lipinski definition) is 1. The summed E-state index contributed by atoms with van der Waals surface area (Å²) in [7, 11) is 0. The number of allylic oxidation sites excluding steroid dienone is 2. The maximum absolute atomic E-state index is 12.0. The molecule has 0 aliphatic rings. The zero-order valence-electron chi connectivity index (χ0n) is 13.2. The molecule has 0 saturated heterocycles. The highest BCUT2D eigenvalue weighted by atomic mass is 16.5. The van der Waals surface area contributed by atoms with Crippen molar-refractivity contribution in [3.8, 4) is 5.75 Å². The standard InChI is InChI=1S/C18H21NO3/c1-4-11-21-16-8-6-15(7-9-16)19-13(2)12-17(20)18-10-5-14(3)22-18/h5-10,12,19H,4,11H2,1-3H3. The molecule has 1 aromatic heterocycles. The highest BCUT2D eigenvalue weighted by molar-refractivity contribution is 6.03. The fraction of sp³-hybridized carbons (Fsp3) is 0.278. The van der Waals surface area contributed by atoms with E-state index in [2.05, 4.69) is 12.2 Å². The van der Waals surface area contributed by atoms with E-state index < -0.39 is 0 Å². The number of aryl methyl sites for hydroxylation is 1. The fourth-order valence-electron chi connectivity index (χ4n) is 1.95. The monoisotopic (exact) mass is 299 g/mol. The first-order chi connectivity index (χ1) is 10.6. The number of ether oxygens (including phenoxy) is 1. The van der Waals surface area contributed by atoms with E-state index in [1.54, 1.807) is 12.1 Å². The molecule has 0 spiro atoms. The molecule has 2 aromatic rings. The van der Waals surface area contributed by atoms with Crippen molar-refractivity contribution in [1.82, 2.24) is 0 Å². The first-order valence-corrected chi connectivity index (χ1v) is 7.37. The van der Waals surface area contributed by atoms with Crippen molar-refractivity contribution >= 4 is 11.5 Å². The zero-order chi connectivity index (χ0) is 15.9. The Bertz CT molecular complexity index is 653. The summed E-state index contributed by atoms with van der Waals surface area (Å²) < 4.78 is 10.8. The minimum atomic E-state index is -0.152. The molecule has 1 heterocycles. The molecule has 4 heteroatoms. The van der Waals surface area contributed by atoms with E-state index in [1.807, 2.05) is 38.1 Å². The Balaban J connectivity index is 1.97. The number of nitrogens with one attached hydrogen (secondary N) is 1. The Kier molecular flexibility index (Phi) is 5.42. The molecule has 0 amide bonds. The summed E-state index contributed by atoms with van der Waals surface area (Å²) in [5.41, 5.74) is 1.65. The molecule has 2 rings (SSSR count). The van der Waals surface area contributed by atoms with Crippen LogP contribution in [0.1, 0.15) is 36.6 Å². The number of ketones is 1. The Morgan fingerprint density at radius 1 is 1.23 bits per heavy atom. The van der Waals surface area contributed by atoms with Crippen LogP contribution < -0.4 is 10.1 Å². The molecule has 22 heavy (non-hydrogen) atoms. The number of carbonyl (C=O) groups excluding carboxylic acids is 1. The van der Waals surface area contributed by atoms with Crippen molar-refractivity contribution < 1.29 is 13.9 Å². The summed E-state index contributed by atoms with van der Waals surface area (Å²) >= 11 is 0. The van der Waals surface area contributed by atoms with Gasteiger partial charge in [0.2, 0.25) is 5.78 Å². The van der Waals surface area contributed by atoms with Gasteiger partial charge in [-0.25, -0.2) is 0 Å². The second kappa shape index (κ2) is 7.50. The quantitative estimate of drug-likeness (QED) is 0.601. The van der Waals surface area contributed by atoms with Gasteiger partial charge in [0.1, 0.15) is 11.5 Å². The second-order valence-electron chi connectivity index (χ2n) is 5.10. The lowest BCUT2D eigenvalue weighted by Gasteiger charge is -2.08. The third-order valence-electron chi connectivity index (χ3n) is 3.00. The van der Waals surface area contributed by atoms with E-state index in [9.17, 15) is 4.79 Å². The molecular formula is C18H21NO3. The molecule has 0 aliphatic carbocycles. The van der Waals surface area contributed by atoms with Gasteiger partial charge in [-0.3, -0.25) is 4.79 Å². The van der Waals surface area contributed by atoms with Crippen LogP contribution in [0.2, 0.25) is 0 Å². The third kappa shape index (κ3) is 4.52. The zero-order valence-corrected chi connectivity index (χ0v) is 13.2. The highest BCUT2D eigenvalue weighted by Crippen LogP contribution is 2.17. The predicted molar refractivity (Wildman–Crippen MR) is 87.4 cm³/mol. The van der Waals surface area contributed by atoms with E-state index in [0.29, 0.717) is 12.4 Å². The largest absolute Gasteiger partial charge is 0.494 e. The molecule has 0 unspecified atom stereocenters. The molecule has 1 aromatic carbocycles. The van der Waals surface area contributed by atoms with Crippen molar-refractivity contribution in [3.05, 3.63) is 59.7 Å². The van der Waals surface area contributed by atoms with E-state index in [0.717, 1.165) is 29.3 Å². The summed E-state index contributed by atoms with van der Waals surface area (Å²) in [6, 6.07) is 11.1. The summed E-state index contributed by atoms with van der Waals surface area (Å²) in [5, 5.41) is 3.18. The maximum Gasteiger partial charge on any atom is 0.222 e. The summed E-state index contributed by atoms with van der Waals surface area (Å²) in [4.78, 5) is 12.0. The number of furan rings is 1. The SMILES string of the molecule is CCCOc1ccc(NC(C)=CC(=O)c2ccc(C)o2)cc1. The lowest BCUT2D eigenvalue weighted by atomic mass is 10.2. The third-order valence-corrected chi connectivity index (χ3v) is 3.00. The molecule has 116 valence electrons. The first kappa shape index (κ1) is 15.9. The van der Waals surface area contributed by atoms with Crippen LogP contribution >= 0.6 is 0 Å². The van der Waals surface area contributed by atoms with Crippen molar-refractivity contribution in [1.29, 1.82) is 0 Å². The van der Waals surface area contributed by atoms with Crippen molar-refractivity contribution in [2.75, 3.05) is 11.9 Å². The Hall–Kier alpha value is -2.49. The Morgan fingerprint density at radius 3 is 2.55 bits per heavy atom. The number of hydrogen-bond acceptors (Lipinski definition) is 4. The van der Waals surface area contributed by atoms with E-state index in [1.165, 1.54) is 6.08 Å². The lowest BCUT2D eigenvalue weighted by molar-refractivity contribution is 0.102. The molecule has 1 N–H and O–H groups in total. The molecule has 0 aliphatic heterocycles. The minimum absolute atomic E-state index is 0.152. The van der Waals surface area contributed by atoms with Crippen LogP contribution in [0.25, 0.3) is 0 Å².